The first kappa shape index (κ1) is 17.2. The maximum atomic E-state index is 12.7. The molecule has 0 radical (unpaired) electrons. The van der Waals surface area contributed by atoms with Crippen LogP contribution in [0, 0.1) is 0 Å². The van der Waals surface area contributed by atoms with Crippen molar-refractivity contribution >= 4 is 23.4 Å². The molecule has 1 aliphatic rings. The molecule has 3 aromatic carbocycles. The molecule has 0 saturated carbocycles. The first-order valence-electron chi connectivity index (χ1n) is 8.95. The van der Waals surface area contributed by atoms with Crippen LogP contribution in [0.15, 0.2) is 78.9 Å². The third-order valence-electron chi connectivity index (χ3n) is 5.19. The first-order chi connectivity index (χ1) is 13.1. The highest BCUT2D eigenvalue weighted by Gasteiger charge is 2.50. The Balaban J connectivity index is 1.70. The summed E-state index contributed by atoms with van der Waals surface area (Å²) < 4.78 is 6.02. The topological polar surface area (TPSA) is 83.4 Å². The molecule has 1 saturated heterocycles. The van der Waals surface area contributed by atoms with Gasteiger partial charge in [0.1, 0.15) is 6.04 Å². The lowest BCUT2D eigenvalue weighted by molar-refractivity contribution is -0.548. The van der Waals surface area contributed by atoms with Crippen LogP contribution in [0.5, 0.6) is 11.5 Å². The van der Waals surface area contributed by atoms with Crippen molar-refractivity contribution in [3.8, 4) is 11.5 Å². The fourth-order valence-corrected chi connectivity index (χ4v) is 3.85. The zero-order valence-corrected chi connectivity index (χ0v) is 14.7. The van der Waals surface area contributed by atoms with Crippen LogP contribution in [0.25, 0.3) is 0 Å². The van der Waals surface area contributed by atoms with Gasteiger partial charge in [0.05, 0.1) is 0 Å². The van der Waals surface area contributed by atoms with Crippen LogP contribution >= 0.6 is 0 Å². The predicted molar refractivity (Wildman–Crippen MR) is 103 cm³/mol. The van der Waals surface area contributed by atoms with Gasteiger partial charge in [0.15, 0.2) is 11.5 Å². The van der Waals surface area contributed by atoms with E-state index >= 15 is 0 Å². The van der Waals surface area contributed by atoms with Gasteiger partial charge in [0.25, 0.3) is 0 Å². The molecule has 136 valence electrons. The van der Waals surface area contributed by atoms with Gasteiger partial charge in [-0.3, -0.25) is 0 Å². The van der Waals surface area contributed by atoms with E-state index in [0.717, 1.165) is 16.5 Å². The Hall–Kier alpha value is -3.25. The van der Waals surface area contributed by atoms with Crippen molar-refractivity contribution in [3.05, 3.63) is 84.4 Å². The minimum atomic E-state index is -1.77. The van der Waals surface area contributed by atoms with Gasteiger partial charge in [-0.2, -0.15) is 0 Å². The molecular weight excluding hydrogens is 341 g/mol. The molecule has 0 amide bonds. The fourth-order valence-electron chi connectivity index (χ4n) is 3.85. The van der Waals surface area contributed by atoms with E-state index in [4.69, 9.17) is 4.65 Å². The van der Waals surface area contributed by atoms with Gasteiger partial charge >= 0.3 is 12.5 Å². The van der Waals surface area contributed by atoms with Crippen LogP contribution in [-0.4, -0.2) is 28.7 Å². The highest BCUT2D eigenvalue weighted by Crippen LogP contribution is 2.25. The fraction of sp³-hybridized carbons (Fsp3) is 0.0952. The van der Waals surface area contributed by atoms with Gasteiger partial charge in [0, 0.05) is 6.42 Å². The summed E-state index contributed by atoms with van der Waals surface area (Å²) in [4.78, 5) is 12.7. The molecule has 6 heteroatoms. The molecule has 1 fully saturated rings. The largest absolute Gasteiger partial charge is 0.628 e. The molecule has 3 aromatic rings. The summed E-state index contributed by atoms with van der Waals surface area (Å²) in [7, 11) is 0. The van der Waals surface area contributed by atoms with E-state index in [1.54, 1.807) is 6.07 Å². The Morgan fingerprint density at radius 3 is 2.00 bits per heavy atom. The number of carbonyl (C=O) groups is 1. The highest BCUT2D eigenvalue weighted by atomic mass is 16.5. The zero-order valence-electron chi connectivity index (χ0n) is 14.7. The van der Waals surface area contributed by atoms with E-state index in [0.29, 0.717) is 6.42 Å². The maximum absolute atomic E-state index is 12.7. The van der Waals surface area contributed by atoms with Gasteiger partial charge in [-0.1, -0.05) is 77.7 Å². The molecule has 0 unspecified atom stereocenters. The summed E-state index contributed by atoms with van der Waals surface area (Å²) >= 11 is 0. The molecule has 0 aliphatic carbocycles. The Morgan fingerprint density at radius 1 is 0.852 bits per heavy atom. The van der Waals surface area contributed by atoms with Gasteiger partial charge in [-0.25, -0.2) is 4.79 Å². The molecule has 0 aromatic heterocycles. The minimum Gasteiger partial charge on any atom is -0.628 e. The van der Waals surface area contributed by atoms with Gasteiger partial charge in [-0.15, -0.1) is 0 Å². The maximum Gasteiger partial charge on any atom is 0.441 e. The Labute approximate surface area is 157 Å². The molecule has 1 atom stereocenters. The number of quaternary nitrogens is 1. The van der Waals surface area contributed by atoms with E-state index in [9.17, 15) is 15.0 Å². The lowest BCUT2D eigenvalue weighted by Crippen LogP contribution is -3.08. The van der Waals surface area contributed by atoms with Crippen LogP contribution in [0.2, 0.25) is 0 Å². The third kappa shape index (κ3) is 3.15. The second kappa shape index (κ2) is 6.81. The molecule has 4 rings (SSSR count). The smallest absolute Gasteiger partial charge is 0.441 e. The summed E-state index contributed by atoms with van der Waals surface area (Å²) in [6, 6.07) is 23.7. The molecule has 4 N–H and O–H groups in total. The normalized spacial score (nSPS) is 18.2. The summed E-state index contributed by atoms with van der Waals surface area (Å²) in [5.41, 5.74) is 2.66. The number of carbonyl (C=O) groups excluding carboxylic acids is 1. The Morgan fingerprint density at radius 2 is 1.44 bits per heavy atom. The number of rotatable bonds is 4. The van der Waals surface area contributed by atoms with Crippen LogP contribution in [0.1, 0.15) is 5.56 Å². The van der Waals surface area contributed by atoms with E-state index in [1.165, 1.54) is 12.1 Å². The molecule has 27 heavy (non-hydrogen) atoms. The quantitative estimate of drug-likeness (QED) is 0.464. The van der Waals surface area contributed by atoms with Crippen molar-refractivity contribution in [2.75, 3.05) is 0 Å². The predicted octanol–water partition coefficient (Wildman–Crippen LogP) is 0.386. The summed E-state index contributed by atoms with van der Waals surface area (Å²) in [5, 5.41) is 21.2. The standard InChI is InChI=1S/C21H20BNO4/c24-19-12-11-15(14-20(19)25)13-18-21(26)27-22(23-18,16-7-3-1-4-8-16)17-9-5-2-6-10-17/h1-12,14,18,24-25H,13,23H2/t18-/m0/s1. The van der Waals surface area contributed by atoms with Crippen LogP contribution < -0.4 is 16.2 Å². The number of hydrogen-bond donors (Lipinski definition) is 3. The third-order valence-corrected chi connectivity index (χ3v) is 5.19. The van der Waals surface area contributed by atoms with Gasteiger partial charge in [0.2, 0.25) is 0 Å². The zero-order chi connectivity index (χ0) is 18.9. The van der Waals surface area contributed by atoms with Crippen molar-refractivity contribution in [2.45, 2.75) is 12.5 Å². The molecular formula is C21H20BNO4. The second-order valence-corrected chi connectivity index (χ2v) is 6.93. The van der Waals surface area contributed by atoms with Crippen molar-refractivity contribution in [3.63, 3.8) is 0 Å². The number of phenols is 2. The number of phenolic OH excluding ortho intramolecular Hbond substituents is 2. The van der Waals surface area contributed by atoms with E-state index in [-0.39, 0.29) is 17.5 Å². The number of benzene rings is 3. The Bertz CT molecular complexity index is 923. The SMILES string of the molecule is O=C1O[B-](c2ccccc2)(c2ccccc2)[NH2+][C@H]1Cc1ccc(O)c(O)c1. The van der Waals surface area contributed by atoms with Crippen LogP contribution in [0.3, 0.4) is 0 Å². The number of hydrogen-bond acceptors (Lipinski definition) is 4. The minimum absolute atomic E-state index is 0.177. The number of aromatic hydroxyl groups is 2. The van der Waals surface area contributed by atoms with Crippen molar-refractivity contribution in [1.29, 1.82) is 0 Å². The van der Waals surface area contributed by atoms with Crippen LogP contribution in [0.4, 0.5) is 0 Å². The van der Waals surface area contributed by atoms with Gasteiger partial charge < -0.3 is 20.1 Å². The monoisotopic (exact) mass is 361 g/mol. The molecule has 0 spiro atoms. The van der Waals surface area contributed by atoms with E-state index in [2.05, 4.69) is 0 Å². The summed E-state index contributed by atoms with van der Waals surface area (Å²) in [5.74, 6) is -0.652. The number of nitrogens with two attached hydrogens (primary N) is 1. The second-order valence-electron chi connectivity index (χ2n) is 6.93. The Kier molecular flexibility index (Phi) is 4.34. The average Bonchev–Trinajstić information content (AvgIpc) is 3.03. The van der Waals surface area contributed by atoms with E-state index < -0.39 is 12.5 Å². The van der Waals surface area contributed by atoms with Crippen LogP contribution in [-0.2, 0) is 15.9 Å². The first-order valence-corrected chi connectivity index (χ1v) is 8.95. The lowest BCUT2D eigenvalue weighted by Gasteiger charge is -2.31. The lowest BCUT2D eigenvalue weighted by atomic mass is 9.42. The summed E-state index contributed by atoms with van der Waals surface area (Å²) in [6.45, 7) is -1.77. The van der Waals surface area contributed by atoms with E-state index in [1.807, 2.05) is 65.9 Å². The molecule has 1 heterocycles. The summed E-state index contributed by atoms with van der Waals surface area (Å²) in [6.07, 6.45) is 0.399. The molecule has 5 nitrogen and oxygen atoms in total. The van der Waals surface area contributed by atoms with Gasteiger partial charge in [-0.05, 0) is 17.7 Å². The molecule has 0 bridgehead atoms. The molecule has 1 aliphatic heterocycles. The van der Waals surface area contributed by atoms with Crippen molar-refractivity contribution in [1.82, 2.24) is 0 Å². The van der Waals surface area contributed by atoms with Crippen molar-refractivity contribution in [2.24, 2.45) is 0 Å². The highest BCUT2D eigenvalue weighted by molar-refractivity contribution is 6.92. The average molecular weight is 361 g/mol. The van der Waals surface area contributed by atoms with Crippen molar-refractivity contribution < 1.29 is 24.9 Å².